The van der Waals surface area contributed by atoms with Gasteiger partial charge >= 0.3 is 0 Å². The lowest BCUT2D eigenvalue weighted by Gasteiger charge is -2.17. The number of nitrogens with one attached hydrogen (secondary N) is 1. The number of benzene rings is 1. The smallest absolute Gasteiger partial charge is 0.251 e. The predicted molar refractivity (Wildman–Crippen MR) is 80.8 cm³/mol. The van der Waals surface area contributed by atoms with E-state index in [0.717, 1.165) is 29.0 Å². The van der Waals surface area contributed by atoms with Crippen molar-refractivity contribution in [2.45, 2.75) is 39.8 Å². The number of carbonyl (C=O) groups is 1. The first-order valence-corrected chi connectivity index (χ1v) is 7.09. The third kappa shape index (κ3) is 3.31. The molecule has 0 saturated heterocycles. The molecule has 1 amide bonds. The molecule has 0 aliphatic rings. The van der Waals surface area contributed by atoms with Gasteiger partial charge in [0, 0.05) is 17.7 Å². The highest BCUT2D eigenvalue weighted by Crippen LogP contribution is 2.24. The maximum absolute atomic E-state index is 12.3. The van der Waals surface area contributed by atoms with Crippen LogP contribution in [0.3, 0.4) is 0 Å². The summed E-state index contributed by atoms with van der Waals surface area (Å²) in [7, 11) is 0. The van der Waals surface area contributed by atoms with Gasteiger partial charge in [-0.15, -0.1) is 0 Å². The standard InChI is InChI=1S/C16H21N3O2/c1-4-14(15-10(2)19-21-11(15)3)18-16(20)13-7-5-12(9-17)6-8-13/h5-8,14H,4,9,17H2,1-3H3,(H,18,20). The molecule has 0 fully saturated rings. The topological polar surface area (TPSA) is 81.2 Å². The molecule has 5 heteroatoms. The second-order valence-corrected chi connectivity index (χ2v) is 5.07. The van der Waals surface area contributed by atoms with Gasteiger partial charge in [0.25, 0.3) is 5.91 Å². The van der Waals surface area contributed by atoms with Gasteiger partial charge in [-0.05, 0) is 38.0 Å². The van der Waals surface area contributed by atoms with Crippen LogP contribution in [-0.4, -0.2) is 11.1 Å². The van der Waals surface area contributed by atoms with Gasteiger partial charge in [-0.1, -0.05) is 24.2 Å². The van der Waals surface area contributed by atoms with E-state index in [2.05, 4.69) is 10.5 Å². The lowest BCUT2D eigenvalue weighted by Crippen LogP contribution is -2.28. The van der Waals surface area contributed by atoms with Crippen molar-refractivity contribution in [3.8, 4) is 0 Å². The Labute approximate surface area is 124 Å². The Morgan fingerprint density at radius 1 is 1.33 bits per heavy atom. The first-order valence-electron chi connectivity index (χ1n) is 7.09. The highest BCUT2D eigenvalue weighted by Gasteiger charge is 2.21. The van der Waals surface area contributed by atoms with Crippen molar-refractivity contribution in [2.24, 2.45) is 5.73 Å². The first-order chi connectivity index (χ1) is 10.1. The van der Waals surface area contributed by atoms with E-state index in [0.29, 0.717) is 12.1 Å². The van der Waals surface area contributed by atoms with Crippen molar-refractivity contribution in [1.82, 2.24) is 10.5 Å². The van der Waals surface area contributed by atoms with E-state index in [4.69, 9.17) is 10.3 Å². The van der Waals surface area contributed by atoms with Crippen molar-refractivity contribution in [1.29, 1.82) is 0 Å². The molecule has 1 aromatic carbocycles. The summed E-state index contributed by atoms with van der Waals surface area (Å²) in [5.41, 5.74) is 8.96. The third-order valence-corrected chi connectivity index (χ3v) is 3.60. The molecule has 1 atom stereocenters. The molecule has 0 spiro atoms. The largest absolute Gasteiger partial charge is 0.361 e. The van der Waals surface area contributed by atoms with Gasteiger partial charge in [0.2, 0.25) is 0 Å². The zero-order chi connectivity index (χ0) is 15.4. The van der Waals surface area contributed by atoms with E-state index in [1.165, 1.54) is 0 Å². The molecule has 0 aliphatic heterocycles. The second kappa shape index (κ2) is 6.54. The Hall–Kier alpha value is -2.14. The molecule has 1 aromatic heterocycles. The fourth-order valence-corrected chi connectivity index (χ4v) is 2.40. The van der Waals surface area contributed by atoms with Crippen molar-refractivity contribution in [3.05, 3.63) is 52.4 Å². The van der Waals surface area contributed by atoms with Crippen LogP contribution in [0.25, 0.3) is 0 Å². The summed E-state index contributed by atoms with van der Waals surface area (Å²) in [5, 5.41) is 6.98. The Kier molecular flexibility index (Phi) is 4.75. The summed E-state index contributed by atoms with van der Waals surface area (Å²) >= 11 is 0. The number of nitrogens with two attached hydrogens (primary N) is 1. The maximum Gasteiger partial charge on any atom is 0.251 e. The third-order valence-electron chi connectivity index (χ3n) is 3.60. The average molecular weight is 287 g/mol. The van der Waals surface area contributed by atoms with E-state index < -0.39 is 0 Å². The molecule has 5 nitrogen and oxygen atoms in total. The Balaban J connectivity index is 2.16. The maximum atomic E-state index is 12.3. The van der Waals surface area contributed by atoms with Crippen LogP contribution in [0.4, 0.5) is 0 Å². The molecule has 0 saturated carbocycles. The van der Waals surface area contributed by atoms with Crippen molar-refractivity contribution >= 4 is 5.91 Å². The Morgan fingerprint density at radius 3 is 2.48 bits per heavy atom. The fraction of sp³-hybridized carbons (Fsp3) is 0.375. The van der Waals surface area contributed by atoms with Crippen LogP contribution in [0.2, 0.25) is 0 Å². The highest BCUT2D eigenvalue weighted by molar-refractivity contribution is 5.94. The number of carbonyl (C=O) groups excluding carboxylic acids is 1. The SMILES string of the molecule is CCC(NC(=O)c1ccc(CN)cc1)c1c(C)noc1C. The molecule has 0 bridgehead atoms. The van der Waals surface area contributed by atoms with Gasteiger partial charge in [0.05, 0.1) is 11.7 Å². The van der Waals surface area contributed by atoms with Gasteiger partial charge in [-0.3, -0.25) is 4.79 Å². The summed E-state index contributed by atoms with van der Waals surface area (Å²) in [6, 6.07) is 7.21. The number of hydrogen-bond acceptors (Lipinski definition) is 4. The predicted octanol–water partition coefficient (Wildman–Crippen LogP) is 2.63. The Morgan fingerprint density at radius 2 is 2.00 bits per heavy atom. The monoisotopic (exact) mass is 287 g/mol. The zero-order valence-electron chi connectivity index (χ0n) is 12.6. The van der Waals surface area contributed by atoms with Crippen molar-refractivity contribution in [3.63, 3.8) is 0 Å². The summed E-state index contributed by atoms with van der Waals surface area (Å²) < 4.78 is 5.18. The van der Waals surface area contributed by atoms with Crippen molar-refractivity contribution in [2.75, 3.05) is 0 Å². The lowest BCUT2D eigenvalue weighted by molar-refractivity contribution is 0.0935. The van der Waals surface area contributed by atoms with E-state index in [1.807, 2.05) is 32.9 Å². The average Bonchev–Trinajstić information content (AvgIpc) is 2.84. The molecule has 2 aromatic rings. The molecule has 0 aliphatic carbocycles. The quantitative estimate of drug-likeness (QED) is 0.885. The van der Waals surface area contributed by atoms with Crippen molar-refractivity contribution < 1.29 is 9.32 Å². The molecule has 3 N–H and O–H groups in total. The minimum atomic E-state index is -0.106. The van der Waals surface area contributed by atoms with Gasteiger partial charge in [-0.2, -0.15) is 0 Å². The number of rotatable bonds is 5. The van der Waals surface area contributed by atoms with Gasteiger partial charge in [0.1, 0.15) is 5.76 Å². The second-order valence-electron chi connectivity index (χ2n) is 5.07. The van der Waals surface area contributed by atoms with E-state index in [-0.39, 0.29) is 11.9 Å². The normalized spacial score (nSPS) is 12.2. The van der Waals surface area contributed by atoms with E-state index in [1.54, 1.807) is 12.1 Å². The number of aryl methyl sites for hydroxylation is 2. The van der Waals surface area contributed by atoms with Crippen LogP contribution in [0.15, 0.2) is 28.8 Å². The number of hydrogen-bond donors (Lipinski definition) is 2. The number of aromatic nitrogens is 1. The van der Waals surface area contributed by atoms with E-state index in [9.17, 15) is 4.79 Å². The van der Waals surface area contributed by atoms with Gasteiger partial charge in [0.15, 0.2) is 0 Å². The first kappa shape index (κ1) is 15.3. The molecular weight excluding hydrogens is 266 g/mol. The lowest BCUT2D eigenvalue weighted by atomic mass is 10.0. The minimum absolute atomic E-state index is 0.0991. The fourth-order valence-electron chi connectivity index (χ4n) is 2.40. The Bertz CT molecular complexity index is 597. The van der Waals surface area contributed by atoms with Gasteiger partial charge < -0.3 is 15.6 Å². The summed E-state index contributed by atoms with van der Waals surface area (Å²) in [6.07, 6.45) is 0.773. The van der Waals surface area contributed by atoms with Crippen LogP contribution < -0.4 is 11.1 Å². The molecule has 1 unspecified atom stereocenters. The summed E-state index contributed by atoms with van der Waals surface area (Å²) in [6.45, 7) is 6.24. The molecule has 112 valence electrons. The highest BCUT2D eigenvalue weighted by atomic mass is 16.5. The number of amides is 1. The molecule has 21 heavy (non-hydrogen) atoms. The summed E-state index contributed by atoms with van der Waals surface area (Å²) in [5.74, 6) is 0.642. The van der Waals surface area contributed by atoms with Crippen LogP contribution in [0.5, 0.6) is 0 Å². The van der Waals surface area contributed by atoms with Gasteiger partial charge in [-0.25, -0.2) is 0 Å². The number of nitrogens with zero attached hydrogens (tertiary/aromatic N) is 1. The van der Waals surface area contributed by atoms with E-state index >= 15 is 0 Å². The molecular formula is C16H21N3O2. The van der Waals surface area contributed by atoms with Crippen LogP contribution >= 0.6 is 0 Å². The molecule has 0 radical (unpaired) electrons. The van der Waals surface area contributed by atoms with Crippen LogP contribution in [0, 0.1) is 13.8 Å². The van der Waals surface area contributed by atoms with Crippen LogP contribution in [0.1, 0.15) is 52.3 Å². The minimum Gasteiger partial charge on any atom is -0.361 e. The molecule has 1 heterocycles. The summed E-state index contributed by atoms with van der Waals surface area (Å²) in [4.78, 5) is 12.3. The van der Waals surface area contributed by atoms with Crippen LogP contribution in [-0.2, 0) is 6.54 Å². The molecule has 2 rings (SSSR count). The zero-order valence-corrected chi connectivity index (χ0v) is 12.6.